The number of aromatic nitrogens is 2. The quantitative estimate of drug-likeness (QED) is 0.835. The van der Waals surface area contributed by atoms with Crippen molar-refractivity contribution in [1.82, 2.24) is 9.55 Å². The van der Waals surface area contributed by atoms with E-state index in [0.717, 1.165) is 15.2 Å². The van der Waals surface area contributed by atoms with Crippen molar-refractivity contribution in [3.8, 4) is 0 Å². The molecule has 0 unspecified atom stereocenters. The molecule has 0 amide bonds. The second-order valence-corrected chi connectivity index (χ2v) is 5.38. The fourth-order valence-electron chi connectivity index (χ4n) is 1.84. The van der Waals surface area contributed by atoms with Gasteiger partial charge in [-0.15, -0.1) is 0 Å². The van der Waals surface area contributed by atoms with Crippen molar-refractivity contribution in [2.75, 3.05) is 0 Å². The van der Waals surface area contributed by atoms with Crippen LogP contribution in [0.5, 0.6) is 0 Å². The number of halogens is 2. The first-order chi connectivity index (χ1) is 9.97. The Morgan fingerprint density at radius 2 is 1.90 bits per heavy atom. The average molecular weight is 355 g/mol. The number of aryl methyl sites for hydroxylation is 1. The van der Waals surface area contributed by atoms with E-state index in [4.69, 9.17) is 0 Å². The molecular formula is C14H12BrFN2O3. The van der Waals surface area contributed by atoms with Gasteiger partial charge in [-0.2, -0.15) is 4.39 Å². The molecule has 1 aromatic heterocycles. The number of ketones is 1. The Morgan fingerprint density at radius 3 is 2.57 bits per heavy atom. The highest BCUT2D eigenvalue weighted by atomic mass is 79.9. The number of carbonyl (C=O) groups excluding carboxylic acids is 1. The smallest absolute Gasteiger partial charge is 0.298 e. The normalized spacial score (nSPS) is 10.6. The topological polar surface area (TPSA) is 71.9 Å². The largest absolute Gasteiger partial charge is 0.328 e. The van der Waals surface area contributed by atoms with Gasteiger partial charge in [-0.25, -0.2) is 4.79 Å². The summed E-state index contributed by atoms with van der Waals surface area (Å²) in [7, 11) is 0. The van der Waals surface area contributed by atoms with E-state index in [1.807, 2.05) is 4.98 Å². The first kappa shape index (κ1) is 15.4. The maximum absolute atomic E-state index is 13.1. The molecule has 2 rings (SSSR count). The number of Topliss-reactive ketones (excluding diaryl/α,β-unsaturated/α-hetero) is 1. The molecule has 1 heterocycles. The number of aromatic amines is 1. The molecule has 7 heteroatoms. The number of benzene rings is 1. The van der Waals surface area contributed by atoms with E-state index in [9.17, 15) is 18.8 Å². The van der Waals surface area contributed by atoms with Crippen molar-refractivity contribution in [1.29, 1.82) is 0 Å². The van der Waals surface area contributed by atoms with Gasteiger partial charge in [0.25, 0.3) is 5.56 Å². The lowest BCUT2D eigenvalue weighted by molar-refractivity contribution is 0.0978. The molecular weight excluding hydrogens is 343 g/mol. The van der Waals surface area contributed by atoms with Gasteiger partial charge in [0.2, 0.25) is 5.82 Å². The number of hydrogen-bond acceptors (Lipinski definition) is 3. The highest BCUT2D eigenvalue weighted by Crippen LogP contribution is 2.12. The number of rotatable bonds is 5. The minimum atomic E-state index is -1.04. The molecule has 0 spiro atoms. The van der Waals surface area contributed by atoms with Gasteiger partial charge in [-0.1, -0.05) is 28.1 Å². The number of carbonyl (C=O) groups is 1. The van der Waals surface area contributed by atoms with Crippen molar-refractivity contribution >= 4 is 21.7 Å². The van der Waals surface area contributed by atoms with Crippen LogP contribution in [0.15, 0.2) is 44.5 Å². The molecule has 0 aliphatic rings. The Balaban J connectivity index is 1.97. The van der Waals surface area contributed by atoms with Crippen molar-refractivity contribution in [2.45, 2.75) is 19.4 Å². The predicted octanol–water partition coefficient (Wildman–Crippen LogP) is 2.10. The third-order valence-electron chi connectivity index (χ3n) is 2.94. The van der Waals surface area contributed by atoms with Gasteiger partial charge in [0, 0.05) is 23.0 Å². The fourth-order valence-corrected chi connectivity index (χ4v) is 2.10. The summed E-state index contributed by atoms with van der Waals surface area (Å²) in [5.74, 6) is -1.07. The Labute approximate surface area is 127 Å². The Bertz CT molecular complexity index is 765. The molecule has 0 bridgehead atoms. The summed E-state index contributed by atoms with van der Waals surface area (Å²) in [5.41, 5.74) is -1.14. The standard InChI is InChI=1S/C14H12BrFN2O3/c15-10-5-3-9(4-6-10)12(19)2-1-7-18-8-11(16)13(20)17-14(18)21/h3-6,8H,1-2,7H2,(H,17,20,21). The van der Waals surface area contributed by atoms with E-state index in [2.05, 4.69) is 15.9 Å². The monoisotopic (exact) mass is 354 g/mol. The van der Waals surface area contributed by atoms with Gasteiger partial charge in [-0.3, -0.25) is 19.1 Å². The van der Waals surface area contributed by atoms with Gasteiger partial charge in [-0.05, 0) is 18.6 Å². The number of nitrogens with zero attached hydrogens (tertiary/aromatic N) is 1. The zero-order valence-corrected chi connectivity index (χ0v) is 12.5. The Hall–Kier alpha value is -2.02. The summed E-state index contributed by atoms with van der Waals surface area (Å²) in [6, 6.07) is 6.96. The Morgan fingerprint density at radius 1 is 1.24 bits per heavy atom. The summed E-state index contributed by atoms with van der Waals surface area (Å²) in [5, 5.41) is 0. The first-order valence-electron chi connectivity index (χ1n) is 6.25. The molecule has 110 valence electrons. The zero-order chi connectivity index (χ0) is 15.4. The van der Waals surface area contributed by atoms with E-state index in [0.29, 0.717) is 12.0 Å². The molecule has 0 radical (unpaired) electrons. The van der Waals surface area contributed by atoms with E-state index in [1.165, 1.54) is 0 Å². The van der Waals surface area contributed by atoms with Gasteiger partial charge < -0.3 is 0 Å². The van der Waals surface area contributed by atoms with Crippen molar-refractivity contribution in [2.24, 2.45) is 0 Å². The maximum Gasteiger partial charge on any atom is 0.328 e. The van der Waals surface area contributed by atoms with Gasteiger partial charge in [0.05, 0.1) is 6.20 Å². The van der Waals surface area contributed by atoms with Crippen molar-refractivity contribution in [3.63, 3.8) is 0 Å². The van der Waals surface area contributed by atoms with Crippen LogP contribution < -0.4 is 11.2 Å². The minimum absolute atomic E-state index is 0.0551. The zero-order valence-electron chi connectivity index (χ0n) is 10.9. The van der Waals surface area contributed by atoms with Crippen LogP contribution in [0.1, 0.15) is 23.2 Å². The first-order valence-corrected chi connectivity index (χ1v) is 7.04. The molecule has 2 aromatic rings. The summed E-state index contributed by atoms with van der Waals surface area (Å²) >= 11 is 3.28. The van der Waals surface area contributed by atoms with Crippen LogP contribution in [0.3, 0.4) is 0 Å². The lowest BCUT2D eigenvalue weighted by Gasteiger charge is -2.05. The SMILES string of the molecule is O=C(CCCn1cc(F)c(=O)[nH]c1=O)c1ccc(Br)cc1. The molecule has 0 aliphatic heterocycles. The summed E-state index contributed by atoms with van der Waals surface area (Å²) in [6.45, 7) is 0.162. The molecule has 5 nitrogen and oxygen atoms in total. The van der Waals surface area contributed by atoms with Crippen molar-refractivity contribution in [3.05, 3.63) is 67.2 Å². The number of nitrogens with one attached hydrogen (secondary N) is 1. The van der Waals surface area contributed by atoms with Crippen LogP contribution in [0.2, 0.25) is 0 Å². The van der Waals surface area contributed by atoms with Crippen LogP contribution in [0, 0.1) is 5.82 Å². The van der Waals surface area contributed by atoms with Gasteiger partial charge >= 0.3 is 5.69 Å². The molecule has 0 fully saturated rings. The predicted molar refractivity (Wildman–Crippen MR) is 79.0 cm³/mol. The van der Waals surface area contributed by atoms with E-state index < -0.39 is 17.1 Å². The molecule has 1 aromatic carbocycles. The number of H-pyrrole nitrogens is 1. The van der Waals surface area contributed by atoms with Crippen LogP contribution in [0.25, 0.3) is 0 Å². The van der Waals surface area contributed by atoms with E-state index >= 15 is 0 Å². The maximum atomic E-state index is 13.1. The molecule has 1 N–H and O–H groups in total. The average Bonchev–Trinajstić information content (AvgIpc) is 2.45. The fraction of sp³-hybridized carbons (Fsp3) is 0.214. The third kappa shape index (κ3) is 3.98. The number of hydrogen-bond donors (Lipinski definition) is 1. The molecule has 0 saturated heterocycles. The van der Waals surface area contributed by atoms with Gasteiger partial charge in [0.1, 0.15) is 0 Å². The van der Waals surface area contributed by atoms with Gasteiger partial charge in [0.15, 0.2) is 5.78 Å². The molecule has 0 atom stereocenters. The lowest BCUT2D eigenvalue weighted by atomic mass is 10.1. The van der Waals surface area contributed by atoms with Crippen LogP contribution >= 0.6 is 15.9 Å². The summed E-state index contributed by atoms with van der Waals surface area (Å²) in [6.07, 6.45) is 1.46. The summed E-state index contributed by atoms with van der Waals surface area (Å²) < 4.78 is 15.0. The van der Waals surface area contributed by atoms with Crippen LogP contribution in [-0.4, -0.2) is 15.3 Å². The second-order valence-electron chi connectivity index (χ2n) is 4.46. The lowest BCUT2D eigenvalue weighted by Crippen LogP contribution is -2.31. The van der Waals surface area contributed by atoms with Crippen LogP contribution in [-0.2, 0) is 6.54 Å². The van der Waals surface area contributed by atoms with Crippen LogP contribution in [0.4, 0.5) is 4.39 Å². The van der Waals surface area contributed by atoms with E-state index in [-0.39, 0.29) is 18.7 Å². The third-order valence-corrected chi connectivity index (χ3v) is 3.47. The molecule has 0 aliphatic carbocycles. The highest BCUT2D eigenvalue weighted by molar-refractivity contribution is 9.10. The molecule has 21 heavy (non-hydrogen) atoms. The van der Waals surface area contributed by atoms with Crippen molar-refractivity contribution < 1.29 is 9.18 Å². The summed E-state index contributed by atoms with van der Waals surface area (Å²) in [4.78, 5) is 36.1. The molecule has 0 saturated carbocycles. The highest BCUT2D eigenvalue weighted by Gasteiger charge is 2.07. The minimum Gasteiger partial charge on any atom is -0.298 e. The van der Waals surface area contributed by atoms with E-state index in [1.54, 1.807) is 24.3 Å². The Kier molecular flexibility index (Phi) is 4.85. The second kappa shape index (κ2) is 6.62.